The normalized spacial score (nSPS) is 22.2. The Bertz CT molecular complexity index is 570. The number of hydrogen-bond donors (Lipinski definition) is 1. The first-order valence-electron chi connectivity index (χ1n) is 6.94. The van der Waals surface area contributed by atoms with E-state index in [0.29, 0.717) is 12.1 Å². The molecule has 106 valence electrons. The number of amides is 1. The Morgan fingerprint density at radius 2 is 2.15 bits per heavy atom. The standard InChI is InChI=1S/C15H19N3O2/c1-10(19)16-11-3-4-14-13(7-11)15(20)8-12-9-17(2)5-6-18(12)14/h3-4,7,12H,5-6,8-9H2,1-2H3,(H,16,19). The Kier molecular flexibility index (Phi) is 3.22. The van der Waals surface area contributed by atoms with Crippen LogP contribution in [0.25, 0.3) is 0 Å². The van der Waals surface area contributed by atoms with Gasteiger partial charge in [-0.1, -0.05) is 0 Å². The highest BCUT2D eigenvalue weighted by atomic mass is 16.1. The van der Waals surface area contributed by atoms with Crippen molar-refractivity contribution in [3.8, 4) is 0 Å². The third-order valence-electron chi connectivity index (χ3n) is 4.03. The minimum atomic E-state index is -0.120. The summed E-state index contributed by atoms with van der Waals surface area (Å²) in [7, 11) is 2.09. The van der Waals surface area contributed by atoms with Crippen molar-refractivity contribution in [3.63, 3.8) is 0 Å². The van der Waals surface area contributed by atoms with Gasteiger partial charge in [-0.2, -0.15) is 0 Å². The molecular weight excluding hydrogens is 254 g/mol. The maximum absolute atomic E-state index is 12.3. The van der Waals surface area contributed by atoms with Crippen LogP contribution in [-0.2, 0) is 4.79 Å². The van der Waals surface area contributed by atoms with Crippen molar-refractivity contribution in [3.05, 3.63) is 23.8 Å². The topological polar surface area (TPSA) is 52.7 Å². The predicted octanol–water partition coefficient (Wildman–Crippen LogP) is 1.35. The number of hydrogen-bond acceptors (Lipinski definition) is 4. The summed E-state index contributed by atoms with van der Waals surface area (Å²) >= 11 is 0. The zero-order valence-corrected chi connectivity index (χ0v) is 11.8. The molecule has 3 rings (SSSR count). The second kappa shape index (κ2) is 4.90. The third kappa shape index (κ3) is 2.29. The van der Waals surface area contributed by atoms with E-state index in [0.717, 1.165) is 30.9 Å². The molecule has 1 unspecified atom stereocenters. The van der Waals surface area contributed by atoms with E-state index in [1.165, 1.54) is 6.92 Å². The van der Waals surface area contributed by atoms with Crippen LogP contribution in [0.15, 0.2) is 18.2 Å². The largest absolute Gasteiger partial charge is 0.365 e. The molecular formula is C15H19N3O2. The van der Waals surface area contributed by atoms with Crippen molar-refractivity contribution in [2.24, 2.45) is 0 Å². The van der Waals surface area contributed by atoms with Crippen molar-refractivity contribution in [1.82, 2.24) is 4.90 Å². The number of anilines is 2. The van der Waals surface area contributed by atoms with Crippen LogP contribution in [0.2, 0.25) is 0 Å². The molecule has 1 N–H and O–H groups in total. The van der Waals surface area contributed by atoms with Gasteiger partial charge in [-0.05, 0) is 25.2 Å². The van der Waals surface area contributed by atoms with Crippen LogP contribution in [0.4, 0.5) is 11.4 Å². The van der Waals surface area contributed by atoms with E-state index in [-0.39, 0.29) is 17.7 Å². The van der Waals surface area contributed by atoms with Crippen LogP contribution in [0.1, 0.15) is 23.7 Å². The zero-order chi connectivity index (χ0) is 14.3. The van der Waals surface area contributed by atoms with Gasteiger partial charge in [0.25, 0.3) is 0 Å². The van der Waals surface area contributed by atoms with Crippen LogP contribution in [-0.4, -0.2) is 49.3 Å². The lowest BCUT2D eigenvalue weighted by atomic mass is 9.92. The SMILES string of the molecule is CC(=O)Nc1ccc2c(c1)C(=O)CC1CN(C)CCN21. The maximum atomic E-state index is 12.3. The average Bonchev–Trinajstić information content (AvgIpc) is 2.38. The fourth-order valence-corrected chi connectivity index (χ4v) is 3.12. The number of fused-ring (bicyclic) bond motifs is 3. The van der Waals surface area contributed by atoms with Crippen molar-refractivity contribution < 1.29 is 9.59 Å². The van der Waals surface area contributed by atoms with Crippen LogP contribution < -0.4 is 10.2 Å². The lowest BCUT2D eigenvalue weighted by Crippen LogP contribution is -2.54. The molecule has 1 amide bonds. The molecule has 0 saturated carbocycles. The zero-order valence-electron chi connectivity index (χ0n) is 11.8. The van der Waals surface area contributed by atoms with E-state index in [9.17, 15) is 9.59 Å². The Morgan fingerprint density at radius 1 is 1.35 bits per heavy atom. The van der Waals surface area contributed by atoms with Crippen molar-refractivity contribution in [1.29, 1.82) is 0 Å². The van der Waals surface area contributed by atoms with Gasteiger partial charge in [0.05, 0.1) is 0 Å². The summed E-state index contributed by atoms with van der Waals surface area (Å²) in [6, 6.07) is 5.90. The van der Waals surface area contributed by atoms with Crippen LogP contribution in [0, 0.1) is 0 Å². The number of rotatable bonds is 1. The van der Waals surface area contributed by atoms with E-state index in [1.807, 2.05) is 12.1 Å². The number of nitrogens with zero attached hydrogens (tertiary/aromatic N) is 2. The highest BCUT2D eigenvalue weighted by Crippen LogP contribution is 2.34. The van der Waals surface area contributed by atoms with E-state index in [2.05, 4.69) is 22.2 Å². The van der Waals surface area contributed by atoms with Gasteiger partial charge in [0.2, 0.25) is 5.91 Å². The number of carbonyl (C=O) groups excluding carboxylic acids is 2. The number of ketones is 1. The number of benzene rings is 1. The minimum Gasteiger partial charge on any atom is -0.365 e. The molecule has 5 heteroatoms. The predicted molar refractivity (Wildman–Crippen MR) is 78.3 cm³/mol. The molecule has 0 radical (unpaired) electrons. The molecule has 2 heterocycles. The van der Waals surface area contributed by atoms with Gasteiger partial charge in [-0.15, -0.1) is 0 Å². The van der Waals surface area contributed by atoms with Gasteiger partial charge in [-0.25, -0.2) is 0 Å². The quantitative estimate of drug-likeness (QED) is 0.839. The Morgan fingerprint density at radius 3 is 2.90 bits per heavy atom. The van der Waals surface area contributed by atoms with Gasteiger partial charge in [0, 0.05) is 56.0 Å². The van der Waals surface area contributed by atoms with E-state index < -0.39 is 0 Å². The summed E-state index contributed by atoms with van der Waals surface area (Å²) in [6.07, 6.45) is 0.556. The number of nitrogens with one attached hydrogen (secondary N) is 1. The molecule has 0 aromatic heterocycles. The lowest BCUT2D eigenvalue weighted by molar-refractivity contribution is -0.114. The Hall–Kier alpha value is -1.88. The van der Waals surface area contributed by atoms with Gasteiger partial charge in [0.15, 0.2) is 5.78 Å². The number of Topliss-reactive ketones (excluding diaryl/α,β-unsaturated/α-hetero) is 1. The molecule has 1 aromatic rings. The summed E-state index contributed by atoms with van der Waals surface area (Å²) < 4.78 is 0. The van der Waals surface area contributed by atoms with E-state index in [1.54, 1.807) is 6.07 Å². The fourth-order valence-electron chi connectivity index (χ4n) is 3.12. The molecule has 2 aliphatic rings. The lowest BCUT2D eigenvalue weighted by Gasteiger charge is -2.44. The highest BCUT2D eigenvalue weighted by molar-refractivity contribution is 6.05. The fraction of sp³-hybridized carbons (Fsp3) is 0.467. The second-order valence-corrected chi connectivity index (χ2v) is 5.65. The molecule has 1 saturated heterocycles. The van der Waals surface area contributed by atoms with Crippen molar-refractivity contribution in [2.45, 2.75) is 19.4 Å². The van der Waals surface area contributed by atoms with Gasteiger partial charge in [0.1, 0.15) is 0 Å². The number of piperazine rings is 1. The molecule has 1 aromatic carbocycles. The van der Waals surface area contributed by atoms with Gasteiger partial charge < -0.3 is 15.1 Å². The first kappa shape index (κ1) is 13.1. The maximum Gasteiger partial charge on any atom is 0.221 e. The van der Waals surface area contributed by atoms with Gasteiger partial charge >= 0.3 is 0 Å². The summed E-state index contributed by atoms with van der Waals surface area (Å²) in [5, 5.41) is 2.74. The van der Waals surface area contributed by atoms with Crippen molar-refractivity contribution in [2.75, 3.05) is 36.9 Å². The average molecular weight is 273 g/mol. The smallest absolute Gasteiger partial charge is 0.221 e. The summed E-state index contributed by atoms with van der Waals surface area (Å²) in [6.45, 7) is 4.36. The van der Waals surface area contributed by atoms with Crippen LogP contribution >= 0.6 is 0 Å². The van der Waals surface area contributed by atoms with E-state index in [4.69, 9.17) is 0 Å². The molecule has 0 bridgehead atoms. The highest BCUT2D eigenvalue weighted by Gasteiger charge is 2.34. The molecule has 2 aliphatic heterocycles. The Balaban J connectivity index is 1.95. The third-order valence-corrected chi connectivity index (χ3v) is 4.03. The molecule has 0 spiro atoms. The molecule has 5 nitrogen and oxygen atoms in total. The summed E-state index contributed by atoms with van der Waals surface area (Å²) in [5.41, 5.74) is 2.43. The minimum absolute atomic E-state index is 0.120. The van der Waals surface area contributed by atoms with Crippen molar-refractivity contribution >= 4 is 23.1 Å². The van der Waals surface area contributed by atoms with Crippen LogP contribution in [0.3, 0.4) is 0 Å². The molecule has 1 fully saturated rings. The second-order valence-electron chi connectivity index (χ2n) is 5.65. The Labute approximate surface area is 118 Å². The number of likely N-dealkylation sites (N-methyl/N-ethyl adjacent to an activating group) is 1. The molecule has 0 aliphatic carbocycles. The molecule has 20 heavy (non-hydrogen) atoms. The van der Waals surface area contributed by atoms with Crippen LogP contribution in [0.5, 0.6) is 0 Å². The first-order chi connectivity index (χ1) is 9.54. The summed E-state index contributed by atoms with van der Waals surface area (Å²) in [4.78, 5) is 28.0. The summed E-state index contributed by atoms with van der Waals surface area (Å²) in [5.74, 6) is 0.0504. The first-order valence-corrected chi connectivity index (χ1v) is 6.94. The monoisotopic (exact) mass is 273 g/mol. The number of carbonyl (C=O) groups is 2. The molecule has 1 atom stereocenters. The van der Waals surface area contributed by atoms with Gasteiger partial charge in [-0.3, -0.25) is 9.59 Å². The van der Waals surface area contributed by atoms with E-state index >= 15 is 0 Å².